The summed E-state index contributed by atoms with van der Waals surface area (Å²) < 4.78 is 5.38. The van der Waals surface area contributed by atoms with Crippen LogP contribution in [0.25, 0.3) is 11.1 Å². The predicted molar refractivity (Wildman–Crippen MR) is 119 cm³/mol. The number of nitrogens with zero attached hydrogens (tertiary/aromatic N) is 1. The van der Waals surface area contributed by atoms with E-state index in [9.17, 15) is 9.59 Å². The van der Waals surface area contributed by atoms with Gasteiger partial charge < -0.3 is 9.64 Å². The van der Waals surface area contributed by atoms with Crippen LogP contribution in [0.15, 0.2) is 54.6 Å². The van der Waals surface area contributed by atoms with E-state index in [-0.39, 0.29) is 17.3 Å². The van der Waals surface area contributed by atoms with Crippen molar-refractivity contribution in [3.8, 4) is 11.1 Å². The molecule has 2 aromatic carbocycles. The minimum absolute atomic E-state index is 0.00419. The fourth-order valence-corrected chi connectivity index (χ4v) is 5.11. The zero-order chi connectivity index (χ0) is 20.8. The molecule has 0 spiro atoms. The molecule has 1 aliphatic rings. The highest BCUT2D eigenvalue weighted by molar-refractivity contribution is 8.00. The summed E-state index contributed by atoms with van der Waals surface area (Å²) in [4.78, 5) is 27.7. The van der Waals surface area contributed by atoms with Gasteiger partial charge in [-0.05, 0) is 42.0 Å². The van der Waals surface area contributed by atoms with Crippen LogP contribution in [0.3, 0.4) is 0 Å². The molecule has 1 saturated heterocycles. The van der Waals surface area contributed by atoms with Crippen molar-refractivity contribution < 1.29 is 14.3 Å². The third kappa shape index (κ3) is 5.21. The first-order valence-corrected chi connectivity index (χ1v) is 11.3. The molecule has 29 heavy (non-hydrogen) atoms. The Hall–Kier alpha value is -2.27. The highest BCUT2D eigenvalue weighted by Gasteiger charge is 2.42. The smallest absolute Gasteiger partial charge is 0.329 e. The van der Waals surface area contributed by atoms with Gasteiger partial charge in [0.05, 0.1) is 12.0 Å². The molecule has 1 aliphatic heterocycles. The van der Waals surface area contributed by atoms with Crippen molar-refractivity contribution in [2.45, 2.75) is 45.0 Å². The van der Waals surface area contributed by atoms with E-state index in [4.69, 9.17) is 4.74 Å². The summed E-state index contributed by atoms with van der Waals surface area (Å²) in [5.74, 6) is 0.639. The van der Waals surface area contributed by atoms with E-state index in [1.165, 1.54) is 0 Å². The summed E-state index contributed by atoms with van der Waals surface area (Å²) >= 11 is 1.68. The van der Waals surface area contributed by atoms with Crippen molar-refractivity contribution in [2.75, 3.05) is 12.4 Å². The fourth-order valence-electron chi connectivity index (χ4n) is 3.49. The van der Waals surface area contributed by atoms with Gasteiger partial charge in [0.25, 0.3) is 5.91 Å². The molecule has 1 amide bonds. The molecule has 0 saturated carbocycles. The van der Waals surface area contributed by atoms with E-state index in [0.717, 1.165) is 24.0 Å². The van der Waals surface area contributed by atoms with Crippen molar-refractivity contribution in [3.05, 3.63) is 60.2 Å². The summed E-state index contributed by atoms with van der Waals surface area (Å²) in [5.41, 5.74) is 2.78. The molecule has 154 valence electrons. The van der Waals surface area contributed by atoms with Crippen LogP contribution in [0.1, 0.15) is 44.0 Å². The Bertz CT molecular complexity index is 820. The number of ether oxygens (including phenoxy) is 1. The quantitative estimate of drug-likeness (QED) is 0.585. The summed E-state index contributed by atoms with van der Waals surface area (Å²) in [6.45, 7) is 6.64. The molecule has 1 fully saturated rings. The monoisotopic (exact) mass is 411 g/mol. The van der Waals surface area contributed by atoms with Gasteiger partial charge in [-0.15, -0.1) is 11.8 Å². The maximum absolute atomic E-state index is 13.4. The minimum atomic E-state index is -0.517. The molecule has 2 aromatic rings. The number of thioether (sulfide) groups is 1. The second-order valence-corrected chi connectivity index (χ2v) is 8.97. The Morgan fingerprint density at radius 3 is 2.34 bits per heavy atom. The van der Waals surface area contributed by atoms with Gasteiger partial charge >= 0.3 is 5.97 Å². The van der Waals surface area contributed by atoms with Crippen molar-refractivity contribution >= 4 is 23.6 Å². The highest BCUT2D eigenvalue weighted by Crippen LogP contribution is 2.35. The average molecular weight is 412 g/mol. The van der Waals surface area contributed by atoms with E-state index < -0.39 is 6.04 Å². The maximum Gasteiger partial charge on any atom is 0.329 e. The van der Waals surface area contributed by atoms with Gasteiger partial charge in [0, 0.05) is 11.3 Å². The molecule has 5 heteroatoms. The molecule has 2 atom stereocenters. The van der Waals surface area contributed by atoms with E-state index in [0.29, 0.717) is 23.8 Å². The molecule has 1 heterocycles. The van der Waals surface area contributed by atoms with Gasteiger partial charge in [0.2, 0.25) is 0 Å². The lowest BCUT2D eigenvalue weighted by molar-refractivity contribution is -0.148. The Kier molecular flexibility index (Phi) is 7.37. The molecule has 0 aromatic heterocycles. The Morgan fingerprint density at radius 1 is 1.07 bits per heavy atom. The lowest BCUT2D eigenvalue weighted by Crippen LogP contribution is -2.46. The molecule has 0 radical (unpaired) electrons. The Labute approximate surface area is 177 Å². The molecule has 3 rings (SSSR count). The van der Waals surface area contributed by atoms with Gasteiger partial charge in [0.15, 0.2) is 0 Å². The first kappa shape index (κ1) is 21.4. The van der Waals surface area contributed by atoms with Crippen LogP contribution in [0, 0.1) is 5.92 Å². The van der Waals surface area contributed by atoms with Gasteiger partial charge in [-0.2, -0.15) is 0 Å². The summed E-state index contributed by atoms with van der Waals surface area (Å²) in [6, 6.07) is 17.2. The average Bonchev–Trinajstić information content (AvgIpc) is 3.15. The molecular weight excluding hydrogens is 382 g/mol. The normalized spacial score (nSPS) is 18.8. The standard InChI is InChI=1S/C24H29NO3S/c1-4-14-28-24(27)21-16-29-22(15-17(2)3)25(21)23(26)20-12-10-19(11-13-20)18-8-6-5-7-9-18/h5-13,17,21-22H,4,14-16H2,1-3H3. The summed E-state index contributed by atoms with van der Waals surface area (Å²) in [5, 5.41) is -0.00419. The lowest BCUT2D eigenvalue weighted by Gasteiger charge is -2.29. The van der Waals surface area contributed by atoms with Gasteiger partial charge in [-0.3, -0.25) is 4.79 Å². The number of amides is 1. The van der Waals surface area contributed by atoms with E-state index >= 15 is 0 Å². The highest BCUT2D eigenvalue weighted by atomic mass is 32.2. The molecule has 2 unspecified atom stereocenters. The van der Waals surface area contributed by atoms with Crippen LogP contribution in [0.2, 0.25) is 0 Å². The third-order valence-corrected chi connectivity index (χ3v) is 6.27. The molecule has 4 nitrogen and oxygen atoms in total. The topological polar surface area (TPSA) is 46.6 Å². The fraction of sp³-hybridized carbons (Fsp3) is 0.417. The molecule has 0 bridgehead atoms. The molecule has 0 N–H and O–H groups in total. The first-order chi connectivity index (χ1) is 14.0. The first-order valence-electron chi connectivity index (χ1n) is 10.3. The number of rotatable bonds is 7. The van der Waals surface area contributed by atoms with Gasteiger partial charge in [0.1, 0.15) is 6.04 Å². The van der Waals surface area contributed by atoms with E-state index in [1.54, 1.807) is 16.7 Å². The number of carbonyl (C=O) groups is 2. The van der Waals surface area contributed by atoms with Crippen molar-refractivity contribution in [1.29, 1.82) is 0 Å². The van der Waals surface area contributed by atoms with Crippen LogP contribution in [0.5, 0.6) is 0 Å². The maximum atomic E-state index is 13.4. The Morgan fingerprint density at radius 2 is 1.72 bits per heavy atom. The molecular formula is C24H29NO3S. The van der Waals surface area contributed by atoms with Gasteiger partial charge in [-0.1, -0.05) is 63.2 Å². The van der Waals surface area contributed by atoms with Crippen LogP contribution in [-0.4, -0.2) is 40.6 Å². The van der Waals surface area contributed by atoms with E-state index in [1.807, 2.05) is 61.5 Å². The minimum Gasteiger partial charge on any atom is -0.464 e. The summed E-state index contributed by atoms with van der Waals surface area (Å²) in [7, 11) is 0. The van der Waals surface area contributed by atoms with Crippen molar-refractivity contribution in [3.63, 3.8) is 0 Å². The van der Waals surface area contributed by atoms with Crippen LogP contribution in [0.4, 0.5) is 0 Å². The van der Waals surface area contributed by atoms with Crippen LogP contribution < -0.4 is 0 Å². The number of carbonyl (C=O) groups excluding carboxylic acids is 2. The second kappa shape index (κ2) is 9.97. The SMILES string of the molecule is CCCOC(=O)C1CSC(CC(C)C)N1C(=O)c1ccc(-c2ccccc2)cc1. The zero-order valence-corrected chi connectivity index (χ0v) is 18.2. The predicted octanol–water partition coefficient (Wildman–Crippen LogP) is 5.24. The van der Waals surface area contributed by atoms with Crippen molar-refractivity contribution in [2.24, 2.45) is 5.92 Å². The number of benzene rings is 2. The van der Waals surface area contributed by atoms with Crippen LogP contribution in [-0.2, 0) is 9.53 Å². The third-order valence-electron chi connectivity index (χ3n) is 4.96. The largest absolute Gasteiger partial charge is 0.464 e. The van der Waals surface area contributed by atoms with E-state index in [2.05, 4.69) is 13.8 Å². The van der Waals surface area contributed by atoms with Gasteiger partial charge in [-0.25, -0.2) is 4.79 Å². The Balaban J connectivity index is 1.82. The summed E-state index contributed by atoms with van der Waals surface area (Å²) in [6.07, 6.45) is 1.63. The number of hydrogen-bond acceptors (Lipinski definition) is 4. The van der Waals surface area contributed by atoms with Crippen LogP contribution >= 0.6 is 11.8 Å². The van der Waals surface area contributed by atoms with Crippen molar-refractivity contribution in [1.82, 2.24) is 4.90 Å². The lowest BCUT2D eigenvalue weighted by atomic mass is 10.0. The second-order valence-electron chi connectivity index (χ2n) is 7.76. The number of esters is 1. The molecule has 0 aliphatic carbocycles. The zero-order valence-electron chi connectivity index (χ0n) is 17.3. The number of hydrogen-bond donors (Lipinski definition) is 0.